The average molecular weight is 382 g/mol. The topological polar surface area (TPSA) is 54.5 Å². The average Bonchev–Trinajstić information content (AvgIpc) is 3.57. The number of nitrogens with one attached hydrogen (secondary N) is 1. The van der Waals surface area contributed by atoms with Gasteiger partial charge in [0.25, 0.3) is 0 Å². The third kappa shape index (κ3) is 4.53. The Morgan fingerprint density at radius 3 is 2.96 bits per heavy atom. The van der Waals surface area contributed by atoms with Gasteiger partial charge < -0.3 is 15.0 Å². The minimum atomic E-state index is 0.124. The Hall–Kier alpha value is -1.98. The third-order valence-electron chi connectivity index (χ3n) is 5.92. The number of ether oxygens (including phenoxy) is 1. The van der Waals surface area contributed by atoms with Gasteiger partial charge in [-0.25, -0.2) is 0 Å². The number of nitrogens with zero attached hydrogens (tertiary/aromatic N) is 2. The summed E-state index contributed by atoms with van der Waals surface area (Å²) in [5.74, 6) is 0.446. The van der Waals surface area contributed by atoms with Crippen LogP contribution in [0.15, 0.2) is 30.5 Å². The molecule has 1 aromatic carbocycles. The molecule has 1 aliphatic heterocycles. The number of amides is 1. The number of aryl methyl sites for hydroxylation is 1. The molecule has 0 unspecified atom stereocenters. The van der Waals surface area contributed by atoms with Crippen molar-refractivity contribution in [3.05, 3.63) is 41.6 Å². The lowest BCUT2D eigenvalue weighted by Crippen LogP contribution is -2.43. The molecule has 2 aliphatic rings. The van der Waals surface area contributed by atoms with E-state index in [4.69, 9.17) is 4.74 Å². The fourth-order valence-electron chi connectivity index (χ4n) is 4.28. The summed E-state index contributed by atoms with van der Waals surface area (Å²) in [5.41, 5.74) is 3.50. The van der Waals surface area contributed by atoms with Gasteiger partial charge in [0.2, 0.25) is 5.91 Å². The van der Waals surface area contributed by atoms with E-state index in [0.29, 0.717) is 18.5 Å². The van der Waals surface area contributed by atoms with E-state index < -0.39 is 0 Å². The maximum atomic E-state index is 13.3. The van der Waals surface area contributed by atoms with Crippen LogP contribution in [0, 0.1) is 5.92 Å². The number of carbonyl (C=O) groups is 1. The number of pyridine rings is 1. The molecular formula is C23H31N3O2. The number of piperidine rings is 1. The minimum Gasteiger partial charge on any atom is -0.385 e. The van der Waals surface area contributed by atoms with Gasteiger partial charge >= 0.3 is 0 Å². The monoisotopic (exact) mass is 381 g/mol. The smallest absolute Gasteiger partial charge is 0.227 e. The molecule has 0 radical (unpaired) electrons. The van der Waals surface area contributed by atoms with Crippen LogP contribution in [-0.4, -0.2) is 48.6 Å². The summed E-state index contributed by atoms with van der Waals surface area (Å²) in [6, 6.07) is 9.01. The highest BCUT2D eigenvalue weighted by atomic mass is 16.5. The van der Waals surface area contributed by atoms with Crippen LogP contribution in [0.5, 0.6) is 0 Å². The zero-order valence-electron chi connectivity index (χ0n) is 16.8. The second kappa shape index (κ2) is 9.01. The van der Waals surface area contributed by atoms with Crippen molar-refractivity contribution in [3.63, 3.8) is 0 Å². The summed E-state index contributed by atoms with van der Waals surface area (Å²) in [5, 5.41) is 4.55. The predicted molar refractivity (Wildman–Crippen MR) is 111 cm³/mol. The lowest BCUT2D eigenvalue weighted by atomic mass is 9.97. The minimum absolute atomic E-state index is 0.124. The van der Waals surface area contributed by atoms with Crippen LogP contribution in [0.3, 0.4) is 0 Å². The highest BCUT2D eigenvalue weighted by Gasteiger charge is 2.36. The summed E-state index contributed by atoms with van der Waals surface area (Å²) >= 11 is 0. The first kappa shape index (κ1) is 19.3. The first-order chi connectivity index (χ1) is 13.8. The summed E-state index contributed by atoms with van der Waals surface area (Å²) < 4.78 is 5.21. The molecule has 150 valence electrons. The maximum absolute atomic E-state index is 13.3. The molecule has 1 aliphatic carbocycles. The molecule has 0 spiro atoms. The Balaban J connectivity index is 1.59. The molecule has 5 nitrogen and oxygen atoms in total. The summed E-state index contributed by atoms with van der Waals surface area (Å²) in [6.45, 7) is 3.29. The van der Waals surface area contributed by atoms with Crippen molar-refractivity contribution < 1.29 is 9.53 Å². The molecule has 4 rings (SSSR count). The fraction of sp³-hybridized carbons (Fsp3) is 0.565. The summed E-state index contributed by atoms with van der Waals surface area (Å²) in [4.78, 5) is 20.1. The fourth-order valence-corrected chi connectivity index (χ4v) is 4.28. The number of rotatable bonds is 8. The Labute approximate surface area is 167 Å². The van der Waals surface area contributed by atoms with Crippen LogP contribution in [0.2, 0.25) is 0 Å². The van der Waals surface area contributed by atoms with Crippen molar-refractivity contribution in [1.82, 2.24) is 15.2 Å². The molecule has 5 heteroatoms. The quantitative estimate of drug-likeness (QED) is 0.713. The standard InChI is InChI=1S/C23H31N3O2/c1-28-12-4-5-17-13-18-6-3-11-25-22(18)20(14-17)16-26(21-8-9-21)23(27)19-7-2-10-24-15-19/h3,6,11,13-14,19,21,24H,2,4-5,7-10,12,15-16H2,1H3/t19-/m1/s1. The van der Waals surface area contributed by atoms with Crippen molar-refractivity contribution in [3.8, 4) is 0 Å². The Morgan fingerprint density at radius 2 is 2.21 bits per heavy atom. The molecule has 1 atom stereocenters. The Morgan fingerprint density at radius 1 is 1.32 bits per heavy atom. The van der Waals surface area contributed by atoms with E-state index in [1.807, 2.05) is 12.3 Å². The molecule has 2 heterocycles. The number of aromatic nitrogens is 1. The van der Waals surface area contributed by atoms with Gasteiger partial charge in [-0.15, -0.1) is 0 Å². The number of hydrogen-bond donors (Lipinski definition) is 1. The molecule has 1 saturated heterocycles. The van der Waals surface area contributed by atoms with Gasteiger partial charge in [-0.1, -0.05) is 12.1 Å². The first-order valence-corrected chi connectivity index (χ1v) is 10.6. The van der Waals surface area contributed by atoms with E-state index in [9.17, 15) is 4.79 Å². The van der Waals surface area contributed by atoms with Crippen molar-refractivity contribution in [2.75, 3.05) is 26.8 Å². The van der Waals surface area contributed by atoms with Crippen LogP contribution in [-0.2, 0) is 22.5 Å². The number of carbonyl (C=O) groups excluding carboxylic acids is 1. The van der Waals surface area contributed by atoms with Crippen LogP contribution in [0.25, 0.3) is 10.9 Å². The van der Waals surface area contributed by atoms with Gasteiger partial charge in [-0.3, -0.25) is 9.78 Å². The largest absolute Gasteiger partial charge is 0.385 e. The van der Waals surface area contributed by atoms with Gasteiger partial charge in [0.15, 0.2) is 0 Å². The molecule has 2 fully saturated rings. The van der Waals surface area contributed by atoms with E-state index in [1.165, 1.54) is 11.1 Å². The van der Waals surface area contributed by atoms with Gasteiger partial charge in [0, 0.05) is 44.4 Å². The highest BCUT2D eigenvalue weighted by molar-refractivity contribution is 5.84. The summed E-state index contributed by atoms with van der Waals surface area (Å²) in [6.07, 6.45) is 8.19. The van der Waals surface area contributed by atoms with Crippen molar-refractivity contribution >= 4 is 16.8 Å². The lowest BCUT2D eigenvalue weighted by molar-refractivity contribution is -0.137. The SMILES string of the molecule is COCCCc1cc(CN(C(=O)[C@@H]2CCCNC2)C2CC2)c2ncccc2c1. The van der Waals surface area contributed by atoms with Gasteiger partial charge in [0.05, 0.1) is 11.4 Å². The van der Waals surface area contributed by atoms with E-state index in [-0.39, 0.29) is 5.92 Å². The van der Waals surface area contributed by atoms with Gasteiger partial charge in [0.1, 0.15) is 0 Å². The lowest BCUT2D eigenvalue weighted by Gasteiger charge is -2.30. The number of fused-ring (bicyclic) bond motifs is 1. The van der Waals surface area contributed by atoms with Crippen LogP contribution in [0.4, 0.5) is 0 Å². The van der Waals surface area contributed by atoms with Crippen molar-refractivity contribution in [2.24, 2.45) is 5.92 Å². The molecule has 0 bridgehead atoms. The van der Waals surface area contributed by atoms with Crippen molar-refractivity contribution in [2.45, 2.75) is 51.1 Å². The van der Waals surface area contributed by atoms with E-state index in [1.54, 1.807) is 7.11 Å². The number of benzene rings is 1. The zero-order valence-corrected chi connectivity index (χ0v) is 16.8. The predicted octanol–water partition coefficient (Wildman–Crippen LogP) is 3.30. The molecule has 1 saturated carbocycles. The molecule has 28 heavy (non-hydrogen) atoms. The molecule has 1 aromatic heterocycles. The number of methoxy groups -OCH3 is 1. The van der Waals surface area contributed by atoms with E-state index >= 15 is 0 Å². The second-order valence-electron chi connectivity index (χ2n) is 8.17. The molecular weight excluding hydrogens is 350 g/mol. The van der Waals surface area contributed by atoms with Crippen LogP contribution < -0.4 is 5.32 Å². The van der Waals surface area contributed by atoms with Crippen LogP contribution >= 0.6 is 0 Å². The third-order valence-corrected chi connectivity index (χ3v) is 5.92. The Kier molecular flexibility index (Phi) is 6.23. The van der Waals surface area contributed by atoms with E-state index in [0.717, 1.165) is 69.1 Å². The Bertz CT molecular complexity index is 813. The highest BCUT2D eigenvalue weighted by Crippen LogP contribution is 2.32. The van der Waals surface area contributed by atoms with Crippen LogP contribution in [0.1, 0.15) is 43.2 Å². The van der Waals surface area contributed by atoms with Gasteiger partial charge in [-0.05, 0) is 68.3 Å². The normalized spacial score (nSPS) is 19.7. The van der Waals surface area contributed by atoms with Gasteiger partial charge in [-0.2, -0.15) is 0 Å². The molecule has 1 N–H and O–H groups in total. The van der Waals surface area contributed by atoms with E-state index in [2.05, 4.69) is 33.4 Å². The first-order valence-electron chi connectivity index (χ1n) is 10.6. The summed E-state index contributed by atoms with van der Waals surface area (Å²) in [7, 11) is 1.75. The zero-order chi connectivity index (χ0) is 19.3. The van der Waals surface area contributed by atoms with Crippen molar-refractivity contribution in [1.29, 1.82) is 0 Å². The maximum Gasteiger partial charge on any atom is 0.227 e. The number of hydrogen-bond acceptors (Lipinski definition) is 4. The molecule has 1 amide bonds. The molecule has 2 aromatic rings. The second-order valence-corrected chi connectivity index (χ2v) is 8.17.